The maximum atomic E-state index is 4.75. The second-order valence-electron chi connectivity index (χ2n) is 7.23. The lowest BCUT2D eigenvalue weighted by molar-refractivity contribution is 0.245. The standard InChI is InChI=1S/C20H23N7/c1-4-16-18(5-1)24-25-19(16)14-26-9-11-27(12-10-26)20-22-8-6-17(23-20)15-3-2-7-21-13-15/h2-3,6-8,13H,1,4-5,9-12,14H2,(H,24,25). The average molecular weight is 361 g/mol. The van der Waals surface area contributed by atoms with E-state index in [-0.39, 0.29) is 0 Å². The number of aromatic nitrogens is 5. The van der Waals surface area contributed by atoms with Gasteiger partial charge in [0.1, 0.15) is 0 Å². The summed E-state index contributed by atoms with van der Waals surface area (Å²) in [5.41, 5.74) is 6.00. The molecule has 1 saturated heterocycles. The molecule has 0 unspecified atom stereocenters. The van der Waals surface area contributed by atoms with E-state index in [1.807, 2.05) is 30.6 Å². The number of rotatable bonds is 4. The van der Waals surface area contributed by atoms with Gasteiger partial charge < -0.3 is 4.90 Å². The first-order valence-corrected chi connectivity index (χ1v) is 9.62. The van der Waals surface area contributed by atoms with Crippen LogP contribution in [0, 0.1) is 0 Å². The van der Waals surface area contributed by atoms with Gasteiger partial charge >= 0.3 is 0 Å². The summed E-state index contributed by atoms with van der Waals surface area (Å²) in [4.78, 5) is 18.2. The molecule has 7 heteroatoms. The van der Waals surface area contributed by atoms with Crippen LogP contribution >= 0.6 is 0 Å². The van der Waals surface area contributed by atoms with E-state index in [0.29, 0.717) is 0 Å². The Morgan fingerprint density at radius 1 is 1.04 bits per heavy atom. The second kappa shape index (κ2) is 7.08. The largest absolute Gasteiger partial charge is 0.338 e. The van der Waals surface area contributed by atoms with E-state index in [1.165, 1.54) is 29.8 Å². The number of aromatic amines is 1. The average Bonchev–Trinajstić information content (AvgIpc) is 3.35. The molecule has 0 radical (unpaired) electrons. The van der Waals surface area contributed by atoms with Crippen molar-refractivity contribution in [2.75, 3.05) is 31.1 Å². The van der Waals surface area contributed by atoms with E-state index in [0.717, 1.165) is 56.4 Å². The molecule has 1 aliphatic carbocycles. The van der Waals surface area contributed by atoms with Crippen LogP contribution in [0.1, 0.15) is 23.4 Å². The van der Waals surface area contributed by atoms with E-state index in [4.69, 9.17) is 4.98 Å². The SMILES string of the molecule is c1cncc(-c2ccnc(N3CCN(Cc4n[nH]c5c4CCC5)CC3)n2)c1. The lowest BCUT2D eigenvalue weighted by atomic mass is 10.2. The summed E-state index contributed by atoms with van der Waals surface area (Å²) in [7, 11) is 0. The van der Waals surface area contributed by atoms with Gasteiger partial charge in [-0.15, -0.1) is 0 Å². The van der Waals surface area contributed by atoms with Gasteiger partial charge in [0.25, 0.3) is 0 Å². The third kappa shape index (κ3) is 3.30. The Hall–Kier alpha value is -2.80. The molecule has 1 fully saturated rings. The molecule has 1 aliphatic heterocycles. The number of nitrogens with one attached hydrogen (secondary N) is 1. The van der Waals surface area contributed by atoms with Gasteiger partial charge in [-0.1, -0.05) is 0 Å². The van der Waals surface area contributed by atoms with Crippen LogP contribution < -0.4 is 4.90 Å². The Bertz CT molecular complexity index is 913. The first-order valence-electron chi connectivity index (χ1n) is 9.62. The molecule has 3 aromatic heterocycles. The summed E-state index contributed by atoms with van der Waals surface area (Å²) in [6.07, 6.45) is 9.04. The smallest absolute Gasteiger partial charge is 0.225 e. The number of nitrogens with zero attached hydrogens (tertiary/aromatic N) is 6. The molecule has 4 heterocycles. The minimum Gasteiger partial charge on any atom is -0.338 e. The zero-order valence-electron chi connectivity index (χ0n) is 15.3. The molecular formula is C20H23N7. The molecule has 2 aliphatic rings. The Morgan fingerprint density at radius 2 is 1.96 bits per heavy atom. The van der Waals surface area contributed by atoms with Gasteiger partial charge in [-0.3, -0.25) is 15.0 Å². The summed E-state index contributed by atoms with van der Waals surface area (Å²) in [6, 6.07) is 5.90. The fourth-order valence-corrected chi connectivity index (χ4v) is 4.01. The van der Waals surface area contributed by atoms with Gasteiger partial charge in [0.05, 0.1) is 11.4 Å². The Morgan fingerprint density at radius 3 is 2.81 bits per heavy atom. The number of pyridine rings is 1. The molecule has 5 rings (SSSR count). The molecule has 138 valence electrons. The van der Waals surface area contributed by atoms with Gasteiger partial charge in [0.2, 0.25) is 5.95 Å². The van der Waals surface area contributed by atoms with Crippen molar-refractivity contribution in [3.63, 3.8) is 0 Å². The van der Waals surface area contributed by atoms with Crippen molar-refractivity contribution in [2.45, 2.75) is 25.8 Å². The van der Waals surface area contributed by atoms with Crippen molar-refractivity contribution < 1.29 is 0 Å². The van der Waals surface area contributed by atoms with Gasteiger partial charge in [-0.25, -0.2) is 9.97 Å². The van der Waals surface area contributed by atoms with Crippen LogP contribution in [0.3, 0.4) is 0 Å². The van der Waals surface area contributed by atoms with E-state index in [2.05, 4.69) is 30.0 Å². The van der Waals surface area contributed by atoms with Crippen LogP contribution in [-0.4, -0.2) is 56.2 Å². The van der Waals surface area contributed by atoms with Crippen molar-refractivity contribution in [1.29, 1.82) is 0 Å². The van der Waals surface area contributed by atoms with Crippen LogP contribution in [0.25, 0.3) is 11.3 Å². The highest BCUT2D eigenvalue weighted by Crippen LogP contribution is 2.24. The van der Waals surface area contributed by atoms with Crippen LogP contribution in [0.15, 0.2) is 36.8 Å². The zero-order valence-corrected chi connectivity index (χ0v) is 15.3. The van der Waals surface area contributed by atoms with Crippen molar-refractivity contribution in [3.05, 3.63) is 53.7 Å². The molecule has 0 bridgehead atoms. The number of hydrogen-bond acceptors (Lipinski definition) is 6. The van der Waals surface area contributed by atoms with Crippen molar-refractivity contribution in [3.8, 4) is 11.3 Å². The first kappa shape index (κ1) is 16.4. The van der Waals surface area contributed by atoms with Crippen LogP contribution in [0.5, 0.6) is 0 Å². The van der Waals surface area contributed by atoms with Crippen molar-refractivity contribution in [1.82, 2.24) is 30.0 Å². The number of anilines is 1. The van der Waals surface area contributed by atoms with E-state index < -0.39 is 0 Å². The van der Waals surface area contributed by atoms with Crippen LogP contribution in [0.4, 0.5) is 5.95 Å². The highest BCUT2D eigenvalue weighted by molar-refractivity contribution is 5.58. The summed E-state index contributed by atoms with van der Waals surface area (Å²) in [5, 5.41) is 7.76. The fraction of sp³-hybridized carbons (Fsp3) is 0.400. The lowest BCUT2D eigenvalue weighted by Gasteiger charge is -2.34. The molecule has 0 aromatic carbocycles. The third-order valence-electron chi connectivity index (χ3n) is 5.52. The quantitative estimate of drug-likeness (QED) is 0.767. The Balaban J connectivity index is 1.24. The molecule has 0 spiro atoms. The van der Waals surface area contributed by atoms with E-state index in [9.17, 15) is 0 Å². The normalized spacial score (nSPS) is 17.3. The van der Waals surface area contributed by atoms with Crippen molar-refractivity contribution >= 4 is 5.95 Å². The molecule has 27 heavy (non-hydrogen) atoms. The van der Waals surface area contributed by atoms with Gasteiger partial charge in [0.15, 0.2) is 0 Å². The molecule has 7 nitrogen and oxygen atoms in total. The third-order valence-corrected chi connectivity index (χ3v) is 5.52. The van der Waals surface area contributed by atoms with E-state index >= 15 is 0 Å². The number of piperazine rings is 1. The van der Waals surface area contributed by atoms with E-state index in [1.54, 1.807) is 6.20 Å². The molecule has 0 saturated carbocycles. The highest BCUT2D eigenvalue weighted by atomic mass is 15.3. The zero-order chi connectivity index (χ0) is 18.1. The number of H-pyrrole nitrogens is 1. The Labute approximate surface area is 158 Å². The number of fused-ring (bicyclic) bond motifs is 1. The summed E-state index contributed by atoms with van der Waals surface area (Å²) in [5.74, 6) is 0.802. The van der Waals surface area contributed by atoms with Gasteiger partial charge in [-0.05, 0) is 43.0 Å². The minimum absolute atomic E-state index is 0.802. The first-order chi connectivity index (χ1) is 13.4. The summed E-state index contributed by atoms with van der Waals surface area (Å²) in [6.45, 7) is 4.81. The summed E-state index contributed by atoms with van der Waals surface area (Å²) < 4.78 is 0. The van der Waals surface area contributed by atoms with Gasteiger partial charge in [0, 0.05) is 62.6 Å². The topological polar surface area (TPSA) is 73.8 Å². The number of hydrogen-bond donors (Lipinski definition) is 1. The Kier molecular flexibility index (Phi) is 4.29. The monoisotopic (exact) mass is 361 g/mol. The number of aryl methyl sites for hydroxylation is 1. The van der Waals surface area contributed by atoms with Gasteiger partial charge in [-0.2, -0.15) is 5.10 Å². The molecule has 1 N–H and O–H groups in total. The lowest BCUT2D eigenvalue weighted by Crippen LogP contribution is -2.46. The minimum atomic E-state index is 0.802. The summed E-state index contributed by atoms with van der Waals surface area (Å²) >= 11 is 0. The highest BCUT2D eigenvalue weighted by Gasteiger charge is 2.23. The predicted octanol–water partition coefficient (Wildman–Crippen LogP) is 2.07. The maximum Gasteiger partial charge on any atom is 0.225 e. The predicted molar refractivity (Wildman–Crippen MR) is 103 cm³/mol. The maximum absolute atomic E-state index is 4.75. The fourth-order valence-electron chi connectivity index (χ4n) is 4.01. The molecule has 0 atom stereocenters. The van der Waals surface area contributed by atoms with Crippen molar-refractivity contribution in [2.24, 2.45) is 0 Å². The molecule has 3 aromatic rings. The molecular weight excluding hydrogens is 338 g/mol. The van der Waals surface area contributed by atoms with Crippen LogP contribution in [0.2, 0.25) is 0 Å². The van der Waals surface area contributed by atoms with Crippen LogP contribution in [-0.2, 0) is 19.4 Å². The molecule has 0 amide bonds. The second-order valence-corrected chi connectivity index (χ2v) is 7.23.